The van der Waals surface area contributed by atoms with Gasteiger partial charge in [-0.05, 0) is 35.6 Å². The minimum atomic E-state index is -4.45. The van der Waals surface area contributed by atoms with Gasteiger partial charge in [-0.25, -0.2) is 4.79 Å². The van der Waals surface area contributed by atoms with E-state index in [0.29, 0.717) is 16.0 Å². The lowest BCUT2D eigenvalue weighted by atomic mass is 9.84. The minimum absolute atomic E-state index is 0.0317. The quantitative estimate of drug-likeness (QED) is 0.620. The SMILES string of the molecule is Cc1c(SCc2ccccc2C(F)(F)F)cc(C(C)(C)C)c(O)c1C(=O)O. The first-order valence-electron chi connectivity index (χ1n) is 8.22. The summed E-state index contributed by atoms with van der Waals surface area (Å²) < 4.78 is 39.5. The van der Waals surface area contributed by atoms with Crippen molar-refractivity contribution in [3.63, 3.8) is 0 Å². The number of thioether (sulfide) groups is 1. The first kappa shape index (κ1) is 21.2. The van der Waals surface area contributed by atoms with Crippen LogP contribution >= 0.6 is 11.8 Å². The highest BCUT2D eigenvalue weighted by Crippen LogP contribution is 2.41. The van der Waals surface area contributed by atoms with Gasteiger partial charge in [0.05, 0.1) is 5.56 Å². The van der Waals surface area contributed by atoms with Gasteiger partial charge in [-0.1, -0.05) is 39.0 Å². The van der Waals surface area contributed by atoms with Gasteiger partial charge in [0, 0.05) is 16.2 Å². The molecule has 146 valence electrons. The fourth-order valence-electron chi connectivity index (χ4n) is 2.80. The van der Waals surface area contributed by atoms with Crippen LogP contribution in [0.5, 0.6) is 5.75 Å². The lowest BCUT2D eigenvalue weighted by molar-refractivity contribution is -0.138. The third kappa shape index (κ3) is 4.58. The van der Waals surface area contributed by atoms with Crippen molar-refractivity contribution in [2.75, 3.05) is 0 Å². The zero-order chi connectivity index (χ0) is 20.6. The normalized spacial score (nSPS) is 12.3. The van der Waals surface area contributed by atoms with Crippen LogP contribution in [0.4, 0.5) is 13.2 Å². The van der Waals surface area contributed by atoms with E-state index in [1.807, 2.05) is 20.8 Å². The third-order valence-corrected chi connectivity index (χ3v) is 5.43. The first-order valence-corrected chi connectivity index (χ1v) is 9.20. The number of phenols is 1. The molecule has 0 atom stereocenters. The molecule has 0 unspecified atom stereocenters. The Hall–Kier alpha value is -2.15. The van der Waals surface area contributed by atoms with Gasteiger partial charge >= 0.3 is 12.1 Å². The number of carboxylic acid groups (broad SMARTS) is 1. The fraction of sp³-hybridized carbons (Fsp3) is 0.350. The Bertz CT molecular complexity index is 868. The zero-order valence-electron chi connectivity index (χ0n) is 15.4. The molecule has 0 fully saturated rings. The highest BCUT2D eigenvalue weighted by molar-refractivity contribution is 7.98. The van der Waals surface area contributed by atoms with E-state index in [9.17, 15) is 28.2 Å². The van der Waals surface area contributed by atoms with E-state index in [2.05, 4.69) is 0 Å². The molecule has 2 N–H and O–H groups in total. The third-order valence-electron chi connectivity index (χ3n) is 4.24. The molecular weight excluding hydrogens is 377 g/mol. The molecule has 27 heavy (non-hydrogen) atoms. The Kier molecular flexibility index (Phi) is 5.85. The number of hydrogen-bond acceptors (Lipinski definition) is 3. The Morgan fingerprint density at radius 1 is 1.11 bits per heavy atom. The molecule has 0 amide bonds. The predicted octanol–water partition coefficient (Wildman–Crippen LogP) is 6.01. The van der Waals surface area contributed by atoms with Crippen LogP contribution in [0.25, 0.3) is 0 Å². The number of halogens is 3. The molecule has 0 aromatic heterocycles. The fourth-order valence-corrected chi connectivity index (χ4v) is 3.89. The van der Waals surface area contributed by atoms with Gasteiger partial charge in [0.15, 0.2) is 0 Å². The molecule has 0 heterocycles. The van der Waals surface area contributed by atoms with Crippen molar-refractivity contribution in [2.45, 2.75) is 49.9 Å². The van der Waals surface area contributed by atoms with E-state index in [-0.39, 0.29) is 22.6 Å². The van der Waals surface area contributed by atoms with E-state index in [4.69, 9.17) is 0 Å². The maximum Gasteiger partial charge on any atom is 0.416 e. The second-order valence-corrected chi connectivity index (χ2v) is 8.29. The molecule has 3 nitrogen and oxygen atoms in total. The van der Waals surface area contributed by atoms with Crippen LogP contribution in [-0.2, 0) is 17.3 Å². The van der Waals surface area contributed by atoms with E-state index >= 15 is 0 Å². The van der Waals surface area contributed by atoms with Crippen LogP contribution in [0.2, 0.25) is 0 Å². The van der Waals surface area contributed by atoms with Crippen LogP contribution in [-0.4, -0.2) is 16.2 Å². The summed E-state index contributed by atoms with van der Waals surface area (Å²) in [5.74, 6) is -1.54. The lowest BCUT2D eigenvalue weighted by Crippen LogP contribution is -2.15. The highest BCUT2D eigenvalue weighted by Gasteiger charge is 2.33. The van der Waals surface area contributed by atoms with Crippen LogP contribution in [0.15, 0.2) is 35.2 Å². The zero-order valence-corrected chi connectivity index (χ0v) is 16.3. The highest BCUT2D eigenvalue weighted by atomic mass is 32.2. The molecule has 0 radical (unpaired) electrons. The summed E-state index contributed by atoms with van der Waals surface area (Å²) in [6, 6.07) is 6.98. The largest absolute Gasteiger partial charge is 0.507 e. The van der Waals surface area contributed by atoms with Crippen LogP contribution in [0.3, 0.4) is 0 Å². The molecule has 0 saturated heterocycles. The Morgan fingerprint density at radius 2 is 1.70 bits per heavy atom. The topological polar surface area (TPSA) is 57.5 Å². The summed E-state index contributed by atoms with van der Waals surface area (Å²) in [4.78, 5) is 12.2. The van der Waals surface area contributed by atoms with Crippen molar-refractivity contribution >= 4 is 17.7 Å². The molecule has 2 aromatic rings. The first-order chi connectivity index (χ1) is 12.3. The number of alkyl halides is 3. The minimum Gasteiger partial charge on any atom is -0.507 e. The van der Waals surface area contributed by atoms with E-state index < -0.39 is 23.1 Å². The Balaban J connectivity index is 2.49. The predicted molar refractivity (Wildman–Crippen MR) is 99.5 cm³/mol. The Morgan fingerprint density at radius 3 is 2.22 bits per heavy atom. The number of aromatic hydroxyl groups is 1. The Labute approximate surface area is 160 Å². The van der Waals surface area contributed by atoms with Crippen LogP contribution < -0.4 is 0 Å². The number of carbonyl (C=O) groups is 1. The maximum absolute atomic E-state index is 13.2. The molecule has 2 aromatic carbocycles. The van der Waals surface area contributed by atoms with Gasteiger partial charge in [0.2, 0.25) is 0 Å². The van der Waals surface area contributed by atoms with Crippen molar-refractivity contribution in [2.24, 2.45) is 0 Å². The van der Waals surface area contributed by atoms with Gasteiger partial charge in [0.25, 0.3) is 0 Å². The molecular formula is C20H21F3O3S. The average Bonchev–Trinajstić information content (AvgIpc) is 2.52. The summed E-state index contributed by atoms with van der Waals surface area (Å²) in [6.07, 6.45) is -4.45. The van der Waals surface area contributed by atoms with Gasteiger partial charge in [-0.15, -0.1) is 11.8 Å². The van der Waals surface area contributed by atoms with E-state index in [1.54, 1.807) is 13.0 Å². The van der Waals surface area contributed by atoms with Crippen molar-refractivity contribution < 1.29 is 28.2 Å². The molecule has 0 aliphatic heterocycles. The smallest absolute Gasteiger partial charge is 0.416 e. The molecule has 0 spiro atoms. The van der Waals surface area contributed by atoms with Crippen molar-refractivity contribution in [3.05, 3.63) is 58.1 Å². The summed E-state index contributed by atoms with van der Waals surface area (Å²) in [6.45, 7) is 7.04. The molecule has 7 heteroatoms. The van der Waals surface area contributed by atoms with E-state index in [1.165, 1.54) is 18.2 Å². The molecule has 0 aliphatic rings. The van der Waals surface area contributed by atoms with Crippen LogP contribution in [0.1, 0.15) is 53.4 Å². The summed E-state index contributed by atoms with van der Waals surface area (Å²) in [7, 11) is 0. The molecule has 2 rings (SSSR count). The van der Waals surface area contributed by atoms with E-state index in [0.717, 1.165) is 17.8 Å². The lowest BCUT2D eigenvalue weighted by Gasteiger charge is -2.24. The van der Waals surface area contributed by atoms with Crippen molar-refractivity contribution in [1.82, 2.24) is 0 Å². The van der Waals surface area contributed by atoms with Gasteiger partial charge < -0.3 is 10.2 Å². The summed E-state index contributed by atoms with van der Waals surface area (Å²) >= 11 is 1.13. The van der Waals surface area contributed by atoms with Gasteiger partial charge in [-0.2, -0.15) is 13.2 Å². The standard InChI is InChI=1S/C20H21F3O3S/c1-11-15(9-14(19(2,3)4)17(24)16(11)18(25)26)27-10-12-7-5-6-8-13(12)20(21,22)23/h5-9,24H,10H2,1-4H3,(H,25,26). The number of rotatable bonds is 4. The monoisotopic (exact) mass is 398 g/mol. The number of carboxylic acids is 1. The maximum atomic E-state index is 13.2. The second kappa shape index (κ2) is 7.46. The molecule has 0 bridgehead atoms. The van der Waals surface area contributed by atoms with Gasteiger partial charge in [0.1, 0.15) is 11.3 Å². The summed E-state index contributed by atoms with van der Waals surface area (Å²) in [5, 5.41) is 19.9. The van der Waals surface area contributed by atoms with Crippen molar-refractivity contribution in [1.29, 1.82) is 0 Å². The van der Waals surface area contributed by atoms with Gasteiger partial charge in [-0.3, -0.25) is 0 Å². The molecule has 0 saturated carbocycles. The van der Waals surface area contributed by atoms with Crippen molar-refractivity contribution in [3.8, 4) is 5.75 Å². The number of aromatic carboxylic acids is 1. The van der Waals surface area contributed by atoms with Crippen LogP contribution in [0, 0.1) is 6.92 Å². The average molecular weight is 398 g/mol. The summed E-state index contributed by atoms with van der Waals surface area (Å²) in [5.41, 5.74) is -0.546. The second-order valence-electron chi connectivity index (χ2n) is 7.27. The number of benzene rings is 2. The number of hydrogen-bond donors (Lipinski definition) is 2. The molecule has 0 aliphatic carbocycles.